The second-order valence-electron chi connectivity index (χ2n) is 6.38. The number of aromatic nitrogens is 5. The highest BCUT2D eigenvalue weighted by Gasteiger charge is 2.33. The predicted octanol–water partition coefficient (Wildman–Crippen LogP) is 0.122. The van der Waals surface area contributed by atoms with Crippen molar-refractivity contribution in [1.82, 2.24) is 29.5 Å². The quantitative estimate of drug-likeness (QED) is 0.674. The molecule has 142 valence electrons. The molecule has 0 bridgehead atoms. The number of aryl methyl sites for hydroxylation is 2. The third-order valence-corrected chi connectivity index (χ3v) is 6.36. The Kier molecular flexibility index (Phi) is 4.29. The van der Waals surface area contributed by atoms with E-state index < -0.39 is 16.1 Å². The summed E-state index contributed by atoms with van der Waals surface area (Å²) < 4.78 is 33.2. The molecule has 3 aromatic rings. The van der Waals surface area contributed by atoms with Gasteiger partial charge in [0.05, 0.1) is 18.6 Å². The molecule has 1 fully saturated rings. The molecule has 0 amide bonds. The molecule has 0 radical (unpaired) electrons. The number of hydrogen-bond donors (Lipinski definition) is 1. The largest absolute Gasteiger partial charge is 0.367 e. The zero-order valence-electron chi connectivity index (χ0n) is 14.8. The molecule has 1 saturated heterocycles. The highest BCUT2D eigenvalue weighted by molar-refractivity contribution is 7.89. The van der Waals surface area contributed by atoms with E-state index in [9.17, 15) is 13.2 Å². The van der Waals surface area contributed by atoms with Crippen LogP contribution in [0.25, 0.3) is 10.9 Å². The second kappa shape index (κ2) is 6.51. The van der Waals surface area contributed by atoms with E-state index in [4.69, 9.17) is 4.74 Å². The lowest BCUT2D eigenvalue weighted by molar-refractivity contribution is -0.00765. The summed E-state index contributed by atoms with van der Waals surface area (Å²) in [6.07, 6.45) is -0.569. The minimum Gasteiger partial charge on any atom is -0.367 e. The Bertz CT molecular complexity index is 1170. The maximum Gasteiger partial charge on any atom is 0.248 e. The number of pyridine rings is 1. The van der Waals surface area contributed by atoms with E-state index in [0.717, 1.165) is 5.56 Å². The van der Waals surface area contributed by atoms with Crippen molar-refractivity contribution < 1.29 is 13.2 Å². The summed E-state index contributed by atoms with van der Waals surface area (Å²) in [6, 6.07) is 6.14. The highest BCUT2D eigenvalue weighted by atomic mass is 32.2. The van der Waals surface area contributed by atoms with Gasteiger partial charge in [-0.3, -0.25) is 4.79 Å². The molecule has 1 aromatic carbocycles. The minimum absolute atomic E-state index is 0.108. The molecule has 10 nitrogen and oxygen atoms in total. The van der Waals surface area contributed by atoms with Crippen LogP contribution in [0, 0.1) is 6.92 Å². The number of hydrogen-bond acceptors (Lipinski definition) is 7. The zero-order valence-corrected chi connectivity index (χ0v) is 15.6. The fourth-order valence-electron chi connectivity index (χ4n) is 3.14. The standard InChI is InChI=1S/C16H18N6O4S/c1-10-7-15(23)17-13-4-3-11(8-12(10)13)27(24,25)22-5-6-26-14(9-22)16-18-20-21(2)19-16/h3-4,7-8,14H,5-6,9H2,1-2H3,(H,17,23). The van der Waals surface area contributed by atoms with E-state index in [1.807, 2.05) is 0 Å². The molecule has 0 spiro atoms. The van der Waals surface area contributed by atoms with Crippen LogP contribution in [0.2, 0.25) is 0 Å². The van der Waals surface area contributed by atoms with Crippen molar-refractivity contribution >= 4 is 20.9 Å². The number of nitrogens with one attached hydrogen (secondary N) is 1. The average Bonchev–Trinajstić information content (AvgIpc) is 3.08. The lowest BCUT2D eigenvalue weighted by Gasteiger charge is -2.30. The van der Waals surface area contributed by atoms with Gasteiger partial charge in [-0.15, -0.1) is 10.2 Å². The lowest BCUT2D eigenvalue weighted by Crippen LogP contribution is -2.42. The third-order valence-electron chi connectivity index (χ3n) is 4.50. The number of tetrazole rings is 1. The molecule has 3 heterocycles. The van der Waals surface area contributed by atoms with Crippen molar-refractivity contribution in [3.05, 3.63) is 46.0 Å². The van der Waals surface area contributed by atoms with Gasteiger partial charge in [0.15, 0.2) is 0 Å². The van der Waals surface area contributed by atoms with Crippen LogP contribution in [-0.2, 0) is 21.8 Å². The molecule has 0 saturated carbocycles. The highest BCUT2D eigenvalue weighted by Crippen LogP contribution is 2.26. The van der Waals surface area contributed by atoms with Crippen molar-refractivity contribution in [2.45, 2.75) is 17.9 Å². The van der Waals surface area contributed by atoms with Crippen LogP contribution in [0.1, 0.15) is 17.5 Å². The predicted molar refractivity (Wildman–Crippen MR) is 95.6 cm³/mol. The van der Waals surface area contributed by atoms with Crippen LogP contribution >= 0.6 is 0 Å². The topological polar surface area (TPSA) is 123 Å². The summed E-state index contributed by atoms with van der Waals surface area (Å²) in [7, 11) is -2.10. The third kappa shape index (κ3) is 3.24. The Morgan fingerprint density at radius 1 is 1.30 bits per heavy atom. The molecular weight excluding hydrogens is 372 g/mol. The Hall–Kier alpha value is -2.63. The molecule has 2 aromatic heterocycles. The van der Waals surface area contributed by atoms with Gasteiger partial charge in [0, 0.05) is 30.1 Å². The number of rotatable bonds is 3. The van der Waals surface area contributed by atoms with Crippen molar-refractivity contribution in [2.24, 2.45) is 7.05 Å². The molecule has 1 atom stereocenters. The molecule has 0 aliphatic carbocycles. The number of benzene rings is 1. The molecule has 11 heteroatoms. The van der Waals surface area contributed by atoms with E-state index in [2.05, 4.69) is 20.4 Å². The normalized spacial score (nSPS) is 18.8. The van der Waals surface area contributed by atoms with Gasteiger partial charge < -0.3 is 9.72 Å². The molecule has 1 unspecified atom stereocenters. The summed E-state index contributed by atoms with van der Waals surface area (Å²) >= 11 is 0. The summed E-state index contributed by atoms with van der Waals surface area (Å²) in [5.74, 6) is 0.351. The van der Waals surface area contributed by atoms with Gasteiger partial charge >= 0.3 is 0 Å². The van der Waals surface area contributed by atoms with Gasteiger partial charge in [-0.25, -0.2) is 8.42 Å². The van der Waals surface area contributed by atoms with Crippen LogP contribution in [0.15, 0.2) is 34.0 Å². The van der Waals surface area contributed by atoms with Crippen LogP contribution in [0.4, 0.5) is 0 Å². The summed E-state index contributed by atoms with van der Waals surface area (Å²) in [6.45, 7) is 2.36. The Morgan fingerprint density at radius 2 is 2.11 bits per heavy atom. The molecule has 1 aliphatic rings. The number of ether oxygens (including phenoxy) is 1. The number of nitrogens with zero attached hydrogens (tertiary/aromatic N) is 5. The van der Waals surface area contributed by atoms with E-state index >= 15 is 0 Å². The van der Waals surface area contributed by atoms with Crippen LogP contribution < -0.4 is 5.56 Å². The van der Waals surface area contributed by atoms with Gasteiger partial charge in [0.1, 0.15) is 6.10 Å². The van der Waals surface area contributed by atoms with Crippen LogP contribution in [0.5, 0.6) is 0 Å². The SMILES string of the molecule is Cc1cc(=O)[nH]c2ccc(S(=O)(=O)N3CCOC(c4nnn(C)n4)C3)cc12. The van der Waals surface area contributed by atoms with Crippen molar-refractivity contribution in [2.75, 3.05) is 19.7 Å². The first-order valence-corrected chi connectivity index (χ1v) is 9.78. The van der Waals surface area contributed by atoms with Gasteiger partial charge in [-0.1, -0.05) is 0 Å². The lowest BCUT2D eigenvalue weighted by atomic mass is 10.1. The number of fused-ring (bicyclic) bond motifs is 1. The number of aromatic amines is 1. The second-order valence-corrected chi connectivity index (χ2v) is 8.32. The van der Waals surface area contributed by atoms with Crippen molar-refractivity contribution in [3.63, 3.8) is 0 Å². The first-order chi connectivity index (χ1) is 12.8. The van der Waals surface area contributed by atoms with Crippen LogP contribution in [0.3, 0.4) is 0 Å². The van der Waals surface area contributed by atoms with E-state index in [0.29, 0.717) is 16.7 Å². The molecule has 27 heavy (non-hydrogen) atoms. The van der Waals surface area contributed by atoms with Gasteiger partial charge in [0.2, 0.25) is 21.4 Å². The smallest absolute Gasteiger partial charge is 0.248 e. The zero-order chi connectivity index (χ0) is 19.2. The van der Waals surface area contributed by atoms with Gasteiger partial charge in [-0.05, 0) is 35.9 Å². The number of morpholine rings is 1. The van der Waals surface area contributed by atoms with E-state index in [-0.39, 0.29) is 30.2 Å². The Morgan fingerprint density at radius 3 is 2.85 bits per heavy atom. The minimum atomic E-state index is -3.74. The molecule has 4 rings (SSSR count). The summed E-state index contributed by atoms with van der Waals surface area (Å²) in [5, 5.41) is 12.5. The van der Waals surface area contributed by atoms with Crippen LogP contribution in [-0.4, -0.2) is 57.6 Å². The van der Waals surface area contributed by atoms with E-state index in [1.165, 1.54) is 21.2 Å². The average molecular weight is 390 g/mol. The Labute approximate surface area is 154 Å². The molecular formula is C16H18N6O4S. The monoisotopic (exact) mass is 390 g/mol. The summed E-state index contributed by atoms with van der Waals surface area (Å²) in [4.78, 5) is 15.8. The van der Waals surface area contributed by atoms with Gasteiger partial charge in [0.25, 0.3) is 0 Å². The first-order valence-electron chi connectivity index (χ1n) is 8.34. The fourth-order valence-corrected chi connectivity index (χ4v) is 4.59. The Balaban J connectivity index is 1.68. The van der Waals surface area contributed by atoms with Crippen molar-refractivity contribution in [1.29, 1.82) is 0 Å². The first kappa shape index (κ1) is 17.8. The molecule has 1 N–H and O–H groups in total. The maximum atomic E-state index is 13.1. The van der Waals surface area contributed by atoms with E-state index in [1.54, 1.807) is 26.1 Å². The summed E-state index contributed by atoms with van der Waals surface area (Å²) in [5.41, 5.74) is 1.10. The van der Waals surface area contributed by atoms with Crippen molar-refractivity contribution in [3.8, 4) is 0 Å². The maximum absolute atomic E-state index is 13.1. The number of sulfonamides is 1. The van der Waals surface area contributed by atoms with Gasteiger partial charge in [-0.2, -0.15) is 9.10 Å². The number of H-pyrrole nitrogens is 1. The molecule has 1 aliphatic heterocycles. The fraction of sp³-hybridized carbons (Fsp3) is 0.375.